The van der Waals surface area contributed by atoms with E-state index < -0.39 is 0 Å². The van der Waals surface area contributed by atoms with Crippen molar-refractivity contribution >= 4 is 23.0 Å². The maximum atomic E-state index is 4.96. The van der Waals surface area contributed by atoms with Crippen LogP contribution in [0.15, 0.2) is 64.6 Å². The van der Waals surface area contributed by atoms with E-state index in [0.717, 1.165) is 17.2 Å². The maximum absolute atomic E-state index is 4.96. The number of aliphatic imine (C=N–C) groups is 2. The number of hydrogen-bond donors (Lipinski definition) is 2. The van der Waals surface area contributed by atoms with Crippen LogP contribution in [0.1, 0.15) is 62.4 Å². The first kappa shape index (κ1) is 27.2. The molecule has 0 aliphatic rings. The third-order valence-corrected chi connectivity index (χ3v) is 6.17. The minimum atomic E-state index is -0.0464. The Morgan fingerprint density at radius 3 is 1.92 bits per heavy atom. The summed E-state index contributed by atoms with van der Waals surface area (Å²) in [7, 11) is 1.81. The Hall–Kier alpha value is -3.40. The van der Waals surface area contributed by atoms with Gasteiger partial charge in [0.05, 0.1) is 0 Å². The van der Waals surface area contributed by atoms with Crippen LogP contribution in [0.2, 0.25) is 0 Å². The SMILES string of the molecule is C/N=C(Nc1cc(C)cc(C)c1)\C(=N/C(C)C)Nc1cc(-c2c(C)cccc2C)ccc1C(C)(C)C. The summed E-state index contributed by atoms with van der Waals surface area (Å²) in [6, 6.07) is 19.8. The zero-order valence-electron chi connectivity index (χ0n) is 23.7. The third kappa shape index (κ3) is 6.63. The summed E-state index contributed by atoms with van der Waals surface area (Å²) in [5.74, 6) is 1.45. The number of rotatable bonds is 4. The molecule has 0 spiro atoms. The average molecular weight is 483 g/mol. The zero-order chi connectivity index (χ0) is 26.6. The summed E-state index contributed by atoms with van der Waals surface area (Å²) in [4.78, 5) is 9.56. The number of aryl methyl sites for hydroxylation is 4. The fourth-order valence-electron chi connectivity index (χ4n) is 4.67. The van der Waals surface area contributed by atoms with E-state index in [2.05, 4.69) is 133 Å². The van der Waals surface area contributed by atoms with Gasteiger partial charge in [-0.05, 0) is 104 Å². The highest BCUT2D eigenvalue weighted by Crippen LogP contribution is 2.35. The molecule has 3 aromatic rings. The molecule has 0 aromatic heterocycles. The van der Waals surface area contributed by atoms with Crippen LogP contribution in [-0.2, 0) is 5.41 Å². The van der Waals surface area contributed by atoms with Crippen LogP contribution >= 0.6 is 0 Å². The van der Waals surface area contributed by atoms with E-state index in [-0.39, 0.29) is 11.5 Å². The average Bonchev–Trinajstić information content (AvgIpc) is 2.75. The monoisotopic (exact) mass is 482 g/mol. The van der Waals surface area contributed by atoms with Gasteiger partial charge in [-0.1, -0.05) is 57.2 Å². The molecule has 0 atom stereocenters. The number of nitrogens with one attached hydrogen (secondary N) is 2. The van der Waals surface area contributed by atoms with Crippen LogP contribution in [0.4, 0.5) is 11.4 Å². The molecule has 0 bridgehead atoms. The quantitative estimate of drug-likeness (QED) is 0.290. The van der Waals surface area contributed by atoms with Crippen molar-refractivity contribution in [2.75, 3.05) is 17.7 Å². The van der Waals surface area contributed by atoms with E-state index in [1.54, 1.807) is 7.05 Å². The van der Waals surface area contributed by atoms with Gasteiger partial charge in [-0.2, -0.15) is 0 Å². The molecule has 0 aliphatic carbocycles. The molecule has 3 aromatic carbocycles. The van der Waals surface area contributed by atoms with E-state index in [1.807, 2.05) is 0 Å². The van der Waals surface area contributed by atoms with Crippen molar-refractivity contribution in [3.05, 3.63) is 82.4 Å². The van der Waals surface area contributed by atoms with Crippen molar-refractivity contribution in [1.29, 1.82) is 0 Å². The smallest absolute Gasteiger partial charge is 0.169 e. The molecular weight excluding hydrogens is 440 g/mol. The minimum absolute atomic E-state index is 0.0464. The molecule has 36 heavy (non-hydrogen) atoms. The van der Waals surface area contributed by atoms with E-state index in [1.165, 1.54) is 38.9 Å². The van der Waals surface area contributed by atoms with E-state index in [4.69, 9.17) is 4.99 Å². The topological polar surface area (TPSA) is 48.8 Å². The fraction of sp³-hybridized carbons (Fsp3) is 0.375. The summed E-state index contributed by atoms with van der Waals surface area (Å²) in [6.45, 7) is 19.5. The molecular formula is C32H42N4. The van der Waals surface area contributed by atoms with Crippen molar-refractivity contribution in [3.63, 3.8) is 0 Å². The van der Waals surface area contributed by atoms with Gasteiger partial charge in [0, 0.05) is 24.5 Å². The van der Waals surface area contributed by atoms with Crippen molar-refractivity contribution in [1.82, 2.24) is 0 Å². The second-order valence-corrected chi connectivity index (χ2v) is 11.0. The van der Waals surface area contributed by atoms with E-state index in [0.29, 0.717) is 5.84 Å². The number of amidine groups is 2. The Morgan fingerprint density at radius 1 is 0.778 bits per heavy atom. The summed E-state index contributed by atoms with van der Waals surface area (Å²) in [5, 5.41) is 7.21. The summed E-state index contributed by atoms with van der Waals surface area (Å²) >= 11 is 0. The van der Waals surface area contributed by atoms with Crippen LogP contribution in [0.3, 0.4) is 0 Å². The standard InChI is InChI=1S/C32H42N4/c1-20(2)34-31(30(33-10)35-26-17-21(3)16-22(4)18-26)36-28-19-25(14-15-27(28)32(7,8)9)29-23(5)12-11-13-24(29)6/h11-20H,1-10H3,(H,33,35)(H,34,36). The lowest BCUT2D eigenvalue weighted by Gasteiger charge is -2.26. The van der Waals surface area contributed by atoms with Gasteiger partial charge in [0.25, 0.3) is 0 Å². The van der Waals surface area contributed by atoms with Crippen LogP contribution in [0.5, 0.6) is 0 Å². The van der Waals surface area contributed by atoms with Crippen LogP contribution < -0.4 is 10.6 Å². The molecule has 0 saturated carbocycles. The molecule has 0 aliphatic heterocycles. The van der Waals surface area contributed by atoms with Gasteiger partial charge in [-0.15, -0.1) is 0 Å². The molecule has 3 rings (SSSR count). The molecule has 0 saturated heterocycles. The van der Waals surface area contributed by atoms with Crippen LogP contribution in [0.25, 0.3) is 11.1 Å². The van der Waals surface area contributed by atoms with Crippen LogP contribution in [0, 0.1) is 27.7 Å². The van der Waals surface area contributed by atoms with Crippen molar-refractivity contribution in [2.24, 2.45) is 9.98 Å². The number of anilines is 2. The molecule has 4 heteroatoms. The van der Waals surface area contributed by atoms with E-state index >= 15 is 0 Å². The first-order valence-electron chi connectivity index (χ1n) is 12.8. The molecule has 0 radical (unpaired) electrons. The molecule has 2 N–H and O–H groups in total. The van der Waals surface area contributed by atoms with Crippen molar-refractivity contribution < 1.29 is 0 Å². The summed E-state index contributed by atoms with van der Waals surface area (Å²) < 4.78 is 0. The number of nitrogens with zero attached hydrogens (tertiary/aromatic N) is 2. The second-order valence-electron chi connectivity index (χ2n) is 11.0. The molecule has 4 nitrogen and oxygen atoms in total. The Kier molecular flexibility index (Phi) is 8.39. The van der Waals surface area contributed by atoms with Crippen molar-refractivity contribution in [2.45, 2.75) is 73.8 Å². The van der Waals surface area contributed by atoms with Gasteiger partial charge >= 0.3 is 0 Å². The van der Waals surface area contributed by atoms with Gasteiger partial charge in [-0.25, -0.2) is 0 Å². The van der Waals surface area contributed by atoms with Gasteiger partial charge < -0.3 is 10.6 Å². The Morgan fingerprint density at radius 2 is 1.39 bits per heavy atom. The highest BCUT2D eigenvalue weighted by Gasteiger charge is 2.22. The van der Waals surface area contributed by atoms with Crippen molar-refractivity contribution in [3.8, 4) is 11.1 Å². The Balaban J connectivity index is 2.11. The maximum Gasteiger partial charge on any atom is 0.169 e. The molecule has 0 fully saturated rings. The largest absolute Gasteiger partial charge is 0.337 e. The van der Waals surface area contributed by atoms with Gasteiger partial charge in [0.2, 0.25) is 0 Å². The number of hydrogen-bond acceptors (Lipinski definition) is 2. The molecule has 0 heterocycles. The molecule has 0 unspecified atom stereocenters. The lowest BCUT2D eigenvalue weighted by molar-refractivity contribution is 0.592. The first-order chi connectivity index (χ1) is 16.9. The predicted octanol–water partition coefficient (Wildman–Crippen LogP) is 8.24. The normalized spacial score (nSPS) is 12.8. The second kappa shape index (κ2) is 11.1. The first-order valence-corrected chi connectivity index (χ1v) is 12.8. The lowest BCUT2D eigenvalue weighted by atomic mass is 9.84. The minimum Gasteiger partial charge on any atom is -0.337 e. The predicted molar refractivity (Wildman–Crippen MR) is 159 cm³/mol. The van der Waals surface area contributed by atoms with E-state index in [9.17, 15) is 0 Å². The van der Waals surface area contributed by atoms with Gasteiger partial charge in [-0.3, -0.25) is 9.98 Å². The Labute approximate surface area is 218 Å². The molecule has 190 valence electrons. The number of benzene rings is 3. The van der Waals surface area contributed by atoms with Crippen LogP contribution in [-0.4, -0.2) is 24.8 Å². The van der Waals surface area contributed by atoms with Gasteiger partial charge in [0.1, 0.15) is 0 Å². The highest BCUT2D eigenvalue weighted by molar-refractivity contribution is 6.48. The highest BCUT2D eigenvalue weighted by atomic mass is 15.1. The summed E-state index contributed by atoms with van der Waals surface area (Å²) in [5.41, 5.74) is 10.7. The van der Waals surface area contributed by atoms with Gasteiger partial charge in [0.15, 0.2) is 11.7 Å². The lowest BCUT2D eigenvalue weighted by Crippen LogP contribution is -2.32. The zero-order valence-corrected chi connectivity index (χ0v) is 23.7. The fourth-order valence-corrected chi connectivity index (χ4v) is 4.67. The summed E-state index contributed by atoms with van der Waals surface area (Å²) in [6.07, 6.45) is 0. The third-order valence-electron chi connectivity index (χ3n) is 6.17. The molecule has 0 amide bonds. The Bertz CT molecular complexity index is 1250.